The molecule has 2 aromatic rings. The van der Waals surface area contributed by atoms with Gasteiger partial charge in [-0.1, -0.05) is 51.1 Å². The molecule has 1 aromatic carbocycles. The van der Waals surface area contributed by atoms with Crippen LogP contribution in [0.15, 0.2) is 36.4 Å². The minimum atomic E-state index is 0.0209. The number of amides is 1. The summed E-state index contributed by atoms with van der Waals surface area (Å²) in [6.45, 7) is 10.9. The maximum atomic E-state index is 13.2. The normalized spacial score (nSPS) is 20.9. The molecule has 1 amide bonds. The number of likely N-dealkylation sites (tertiary alicyclic amines) is 1. The van der Waals surface area contributed by atoms with Gasteiger partial charge in [0.15, 0.2) is 0 Å². The SMILES string of the molecule is CCn1nc(C(C)C)cc1C(=O)N1CCC[C@@](C)(c2ccccc2)C1. The van der Waals surface area contributed by atoms with Crippen LogP contribution in [-0.2, 0) is 12.0 Å². The average Bonchev–Trinajstić information content (AvgIpc) is 3.06. The minimum absolute atomic E-state index is 0.0209. The molecule has 0 unspecified atom stereocenters. The van der Waals surface area contributed by atoms with Gasteiger partial charge in [-0.15, -0.1) is 0 Å². The summed E-state index contributed by atoms with van der Waals surface area (Å²) in [6.07, 6.45) is 2.15. The number of nitrogens with zero attached hydrogens (tertiary/aromatic N) is 3. The van der Waals surface area contributed by atoms with Gasteiger partial charge in [0, 0.05) is 25.0 Å². The summed E-state index contributed by atoms with van der Waals surface area (Å²) in [6, 6.07) is 12.6. The molecule has 1 aliphatic heterocycles. The largest absolute Gasteiger partial charge is 0.336 e. The molecular weight excluding hydrogens is 310 g/mol. The van der Waals surface area contributed by atoms with E-state index in [0.717, 1.165) is 43.9 Å². The number of benzene rings is 1. The lowest BCUT2D eigenvalue weighted by Crippen LogP contribution is -2.47. The number of hydrogen-bond donors (Lipinski definition) is 0. The van der Waals surface area contributed by atoms with Crippen LogP contribution in [0.25, 0.3) is 0 Å². The molecule has 1 saturated heterocycles. The monoisotopic (exact) mass is 339 g/mol. The third-order valence-electron chi connectivity index (χ3n) is 5.36. The molecule has 0 N–H and O–H groups in total. The zero-order chi connectivity index (χ0) is 18.0. The van der Waals surface area contributed by atoms with Crippen molar-refractivity contribution >= 4 is 5.91 Å². The highest BCUT2D eigenvalue weighted by Crippen LogP contribution is 2.34. The van der Waals surface area contributed by atoms with E-state index in [2.05, 4.69) is 50.1 Å². The molecule has 1 aliphatic rings. The van der Waals surface area contributed by atoms with Crippen LogP contribution in [0.2, 0.25) is 0 Å². The summed E-state index contributed by atoms with van der Waals surface area (Å²) in [5.41, 5.74) is 3.06. The first kappa shape index (κ1) is 17.7. The Morgan fingerprint density at radius 2 is 2.00 bits per heavy atom. The Hall–Kier alpha value is -2.10. The zero-order valence-corrected chi connectivity index (χ0v) is 15.8. The van der Waals surface area contributed by atoms with Gasteiger partial charge in [-0.25, -0.2) is 0 Å². The number of rotatable bonds is 4. The van der Waals surface area contributed by atoms with E-state index in [1.54, 1.807) is 0 Å². The van der Waals surface area contributed by atoms with E-state index in [1.165, 1.54) is 5.56 Å². The second-order valence-corrected chi connectivity index (χ2v) is 7.68. The van der Waals surface area contributed by atoms with Gasteiger partial charge in [0.1, 0.15) is 5.69 Å². The molecule has 1 atom stereocenters. The van der Waals surface area contributed by atoms with Crippen LogP contribution < -0.4 is 0 Å². The lowest BCUT2D eigenvalue weighted by molar-refractivity contribution is 0.0638. The molecule has 0 aliphatic carbocycles. The standard InChI is InChI=1S/C21H29N3O/c1-5-24-19(14-18(22-24)16(2)3)20(25)23-13-9-12-21(4,15-23)17-10-7-6-8-11-17/h6-8,10-11,14,16H,5,9,12-13,15H2,1-4H3/t21-/m1/s1. The molecule has 1 fully saturated rings. The molecular formula is C21H29N3O. The fourth-order valence-electron chi connectivity index (χ4n) is 3.78. The third-order valence-corrected chi connectivity index (χ3v) is 5.36. The van der Waals surface area contributed by atoms with Gasteiger partial charge >= 0.3 is 0 Å². The minimum Gasteiger partial charge on any atom is -0.336 e. The molecule has 4 heteroatoms. The Morgan fingerprint density at radius 3 is 2.64 bits per heavy atom. The predicted octanol–water partition coefficient (Wildman–Crippen LogP) is 4.22. The van der Waals surface area contributed by atoms with Crippen molar-refractivity contribution in [2.75, 3.05) is 13.1 Å². The maximum Gasteiger partial charge on any atom is 0.272 e. The molecule has 0 spiro atoms. The van der Waals surface area contributed by atoms with Crippen molar-refractivity contribution in [3.8, 4) is 0 Å². The number of carbonyl (C=O) groups excluding carboxylic acids is 1. The summed E-state index contributed by atoms with van der Waals surface area (Å²) in [5, 5.41) is 4.61. The van der Waals surface area contributed by atoms with Crippen LogP contribution >= 0.6 is 0 Å². The summed E-state index contributed by atoms with van der Waals surface area (Å²) >= 11 is 0. The first-order chi connectivity index (χ1) is 11.9. The van der Waals surface area contributed by atoms with Gasteiger partial charge in [0.25, 0.3) is 5.91 Å². The Bertz CT molecular complexity index is 735. The summed E-state index contributed by atoms with van der Waals surface area (Å²) < 4.78 is 1.85. The van der Waals surface area contributed by atoms with E-state index in [0.29, 0.717) is 5.92 Å². The van der Waals surface area contributed by atoms with Crippen LogP contribution in [0.5, 0.6) is 0 Å². The predicted molar refractivity (Wildman–Crippen MR) is 101 cm³/mol. The van der Waals surface area contributed by atoms with E-state index in [9.17, 15) is 4.79 Å². The van der Waals surface area contributed by atoms with Crippen molar-refractivity contribution < 1.29 is 4.79 Å². The Labute approximate surface area is 150 Å². The van der Waals surface area contributed by atoms with E-state index in [4.69, 9.17) is 0 Å². The molecule has 1 aromatic heterocycles. The highest BCUT2D eigenvalue weighted by atomic mass is 16.2. The quantitative estimate of drug-likeness (QED) is 0.836. The van der Waals surface area contributed by atoms with Gasteiger partial charge < -0.3 is 4.90 Å². The van der Waals surface area contributed by atoms with Gasteiger partial charge in [0.2, 0.25) is 0 Å². The van der Waals surface area contributed by atoms with Gasteiger partial charge in [0.05, 0.1) is 5.69 Å². The van der Waals surface area contributed by atoms with Crippen LogP contribution in [-0.4, -0.2) is 33.7 Å². The van der Waals surface area contributed by atoms with Crippen LogP contribution in [0.1, 0.15) is 68.2 Å². The number of carbonyl (C=O) groups is 1. The number of aryl methyl sites for hydroxylation is 1. The Balaban J connectivity index is 1.85. The van der Waals surface area contributed by atoms with Gasteiger partial charge in [-0.2, -0.15) is 5.10 Å². The molecule has 0 radical (unpaired) electrons. The van der Waals surface area contributed by atoms with Crippen molar-refractivity contribution in [2.24, 2.45) is 0 Å². The molecule has 3 rings (SSSR count). The van der Waals surface area contributed by atoms with Crippen LogP contribution in [0, 0.1) is 0 Å². The molecule has 0 saturated carbocycles. The zero-order valence-electron chi connectivity index (χ0n) is 15.8. The summed E-state index contributed by atoms with van der Waals surface area (Å²) in [7, 11) is 0. The molecule has 4 nitrogen and oxygen atoms in total. The molecule has 0 bridgehead atoms. The number of piperidine rings is 1. The van der Waals surface area contributed by atoms with Crippen molar-refractivity contribution in [1.29, 1.82) is 0 Å². The molecule has 2 heterocycles. The highest BCUT2D eigenvalue weighted by Gasteiger charge is 2.35. The highest BCUT2D eigenvalue weighted by molar-refractivity contribution is 5.93. The van der Waals surface area contributed by atoms with Crippen molar-refractivity contribution in [3.05, 3.63) is 53.3 Å². The number of hydrogen-bond acceptors (Lipinski definition) is 2. The van der Waals surface area contributed by atoms with Crippen LogP contribution in [0.4, 0.5) is 0 Å². The third kappa shape index (κ3) is 3.48. The van der Waals surface area contributed by atoms with E-state index in [1.807, 2.05) is 28.6 Å². The van der Waals surface area contributed by atoms with E-state index in [-0.39, 0.29) is 11.3 Å². The average molecular weight is 339 g/mol. The summed E-state index contributed by atoms with van der Waals surface area (Å²) in [5.74, 6) is 0.443. The van der Waals surface area contributed by atoms with E-state index >= 15 is 0 Å². The van der Waals surface area contributed by atoms with Gasteiger partial charge in [-0.3, -0.25) is 9.48 Å². The smallest absolute Gasteiger partial charge is 0.272 e. The lowest BCUT2D eigenvalue weighted by atomic mass is 9.76. The maximum absolute atomic E-state index is 13.2. The Kier molecular flexibility index (Phi) is 4.98. The second kappa shape index (κ2) is 7.03. The van der Waals surface area contributed by atoms with E-state index < -0.39 is 0 Å². The second-order valence-electron chi connectivity index (χ2n) is 7.68. The number of aromatic nitrogens is 2. The summed E-state index contributed by atoms with van der Waals surface area (Å²) in [4.78, 5) is 15.2. The van der Waals surface area contributed by atoms with Crippen LogP contribution in [0.3, 0.4) is 0 Å². The first-order valence-corrected chi connectivity index (χ1v) is 9.37. The lowest BCUT2D eigenvalue weighted by Gasteiger charge is -2.41. The van der Waals surface area contributed by atoms with Crippen molar-refractivity contribution in [3.63, 3.8) is 0 Å². The first-order valence-electron chi connectivity index (χ1n) is 9.37. The van der Waals surface area contributed by atoms with Crippen molar-refractivity contribution in [1.82, 2.24) is 14.7 Å². The topological polar surface area (TPSA) is 38.1 Å². The van der Waals surface area contributed by atoms with Gasteiger partial charge in [-0.05, 0) is 37.3 Å². The fourth-order valence-corrected chi connectivity index (χ4v) is 3.78. The van der Waals surface area contributed by atoms with Crippen molar-refractivity contribution in [2.45, 2.75) is 58.4 Å². The molecule has 25 heavy (non-hydrogen) atoms. The molecule has 134 valence electrons. The Morgan fingerprint density at radius 1 is 1.28 bits per heavy atom. The fraction of sp³-hybridized carbons (Fsp3) is 0.524.